The number of pyridine rings is 1. The molecule has 0 spiro atoms. The zero-order chi connectivity index (χ0) is 19.8. The second kappa shape index (κ2) is 9.44. The summed E-state index contributed by atoms with van der Waals surface area (Å²) in [6.07, 6.45) is 1.40. The highest BCUT2D eigenvalue weighted by atomic mass is 16.5. The number of anilines is 1. The number of benzene rings is 1. The summed E-state index contributed by atoms with van der Waals surface area (Å²) < 4.78 is 4.66. The van der Waals surface area contributed by atoms with Crippen LogP contribution in [-0.4, -0.2) is 62.0 Å². The van der Waals surface area contributed by atoms with E-state index in [4.69, 9.17) is 0 Å². The molecule has 0 aliphatic rings. The molecule has 0 saturated carbocycles. The number of hydrogen-bond acceptors (Lipinski definition) is 6. The van der Waals surface area contributed by atoms with Crippen LogP contribution in [0.5, 0.6) is 0 Å². The number of nitrogens with zero attached hydrogens (tertiary/aromatic N) is 2. The van der Waals surface area contributed by atoms with Crippen LogP contribution in [0.3, 0.4) is 0 Å². The van der Waals surface area contributed by atoms with Crippen LogP contribution in [0.15, 0.2) is 42.6 Å². The SMILES string of the molecule is COC(=O)c1cccc(NC(=O)c2cc(C(=O)NCCN(C)C)ccn2)c1. The molecule has 0 fully saturated rings. The fraction of sp³-hybridized carbons (Fsp3) is 0.263. The lowest BCUT2D eigenvalue weighted by Crippen LogP contribution is -2.31. The first-order chi connectivity index (χ1) is 12.9. The molecule has 1 heterocycles. The van der Waals surface area contributed by atoms with E-state index in [2.05, 4.69) is 20.4 Å². The Balaban J connectivity index is 2.07. The van der Waals surface area contributed by atoms with E-state index in [0.717, 1.165) is 0 Å². The van der Waals surface area contributed by atoms with Crippen molar-refractivity contribution in [1.82, 2.24) is 15.2 Å². The molecule has 0 bridgehead atoms. The number of likely N-dealkylation sites (N-methyl/N-ethyl adjacent to an activating group) is 1. The topological polar surface area (TPSA) is 101 Å². The second-order valence-corrected chi connectivity index (χ2v) is 6.02. The summed E-state index contributed by atoms with van der Waals surface area (Å²) >= 11 is 0. The zero-order valence-corrected chi connectivity index (χ0v) is 15.5. The first-order valence-corrected chi connectivity index (χ1v) is 8.29. The minimum absolute atomic E-state index is 0.0960. The third-order valence-corrected chi connectivity index (χ3v) is 3.64. The van der Waals surface area contributed by atoms with Gasteiger partial charge in [0.25, 0.3) is 11.8 Å². The van der Waals surface area contributed by atoms with Crippen molar-refractivity contribution in [1.29, 1.82) is 0 Å². The lowest BCUT2D eigenvalue weighted by Gasteiger charge is -2.11. The van der Waals surface area contributed by atoms with Gasteiger partial charge in [-0.25, -0.2) is 4.79 Å². The first-order valence-electron chi connectivity index (χ1n) is 8.29. The third-order valence-electron chi connectivity index (χ3n) is 3.64. The largest absolute Gasteiger partial charge is 0.465 e. The monoisotopic (exact) mass is 370 g/mol. The van der Waals surface area contributed by atoms with Crippen molar-refractivity contribution in [2.24, 2.45) is 0 Å². The van der Waals surface area contributed by atoms with Gasteiger partial charge in [0, 0.05) is 30.5 Å². The molecule has 0 aliphatic carbocycles. The van der Waals surface area contributed by atoms with Crippen LogP contribution >= 0.6 is 0 Å². The van der Waals surface area contributed by atoms with Crippen LogP contribution in [0.1, 0.15) is 31.2 Å². The fourth-order valence-corrected chi connectivity index (χ4v) is 2.23. The van der Waals surface area contributed by atoms with Gasteiger partial charge in [-0.2, -0.15) is 0 Å². The summed E-state index contributed by atoms with van der Waals surface area (Å²) in [4.78, 5) is 42.1. The average Bonchev–Trinajstić information content (AvgIpc) is 2.67. The molecule has 0 aliphatic heterocycles. The maximum Gasteiger partial charge on any atom is 0.337 e. The van der Waals surface area contributed by atoms with E-state index in [0.29, 0.717) is 29.9 Å². The molecule has 0 atom stereocenters. The van der Waals surface area contributed by atoms with E-state index in [1.54, 1.807) is 24.3 Å². The minimum Gasteiger partial charge on any atom is -0.465 e. The van der Waals surface area contributed by atoms with Gasteiger partial charge in [0.05, 0.1) is 12.7 Å². The van der Waals surface area contributed by atoms with Gasteiger partial charge in [-0.05, 0) is 44.4 Å². The molecule has 142 valence electrons. The van der Waals surface area contributed by atoms with Crippen molar-refractivity contribution >= 4 is 23.5 Å². The molecule has 1 aromatic carbocycles. The lowest BCUT2D eigenvalue weighted by molar-refractivity contribution is 0.0600. The van der Waals surface area contributed by atoms with Crippen molar-refractivity contribution in [2.75, 3.05) is 39.6 Å². The summed E-state index contributed by atoms with van der Waals surface area (Å²) in [5.74, 6) is -1.26. The van der Waals surface area contributed by atoms with Gasteiger partial charge in [0.15, 0.2) is 0 Å². The van der Waals surface area contributed by atoms with Gasteiger partial charge < -0.3 is 20.3 Å². The van der Waals surface area contributed by atoms with Crippen molar-refractivity contribution in [3.63, 3.8) is 0 Å². The van der Waals surface area contributed by atoms with Gasteiger partial charge in [-0.1, -0.05) is 6.07 Å². The van der Waals surface area contributed by atoms with Crippen molar-refractivity contribution in [3.8, 4) is 0 Å². The number of amides is 2. The van der Waals surface area contributed by atoms with Gasteiger partial charge in [0.1, 0.15) is 5.69 Å². The highest BCUT2D eigenvalue weighted by Crippen LogP contribution is 2.13. The van der Waals surface area contributed by atoms with Crippen LogP contribution < -0.4 is 10.6 Å². The fourth-order valence-electron chi connectivity index (χ4n) is 2.23. The Morgan fingerprint density at radius 3 is 2.56 bits per heavy atom. The van der Waals surface area contributed by atoms with Crippen LogP contribution in [0, 0.1) is 0 Å². The second-order valence-electron chi connectivity index (χ2n) is 6.02. The van der Waals surface area contributed by atoms with Gasteiger partial charge in [-0.15, -0.1) is 0 Å². The molecule has 8 nitrogen and oxygen atoms in total. The summed E-state index contributed by atoms with van der Waals surface area (Å²) in [5, 5.41) is 5.44. The molecule has 0 saturated heterocycles. The van der Waals surface area contributed by atoms with Crippen LogP contribution in [0.2, 0.25) is 0 Å². The normalized spacial score (nSPS) is 10.4. The van der Waals surface area contributed by atoms with Crippen molar-refractivity contribution in [2.45, 2.75) is 0 Å². The number of ether oxygens (including phenoxy) is 1. The number of hydrogen-bond donors (Lipinski definition) is 2. The molecule has 2 amide bonds. The number of carbonyl (C=O) groups is 3. The number of carbonyl (C=O) groups excluding carboxylic acids is 3. The molecule has 8 heteroatoms. The minimum atomic E-state index is -0.499. The Morgan fingerprint density at radius 2 is 1.85 bits per heavy atom. The molecular formula is C19H22N4O4. The zero-order valence-electron chi connectivity index (χ0n) is 15.5. The summed E-state index contributed by atoms with van der Waals surface area (Å²) in [6, 6.07) is 9.32. The maximum atomic E-state index is 12.4. The Bertz CT molecular complexity index is 836. The van der Waals surface area contributed by atoms with Crippen LogP contribution in [0.4, 0.5) is 5.69 Å². The van der Waals surface area contributed by atoms with E-state index in [1.807, 2.05) is 19.0 Å². The predicted octanol–water partition coefficient (Wildman–Crippen LogP) is 1.41. The standard InChI is InChI=1S/C19H22N4O4/c1-23(2)10-9-21-17(24)13-7-8-20-16(12-13)18(25)22-15-6-4-5-14(11-15)19(26)27-3/h4-8,11-12H,9-10H2,1-3H3,(H,21,24)(H,22,25). The Morgan fingerprint density at radius 1 is 1.07 bits per heavy atom. The molecule has 1 aromatic heterocycles. The number of nitrogens with one attached hydrogen (secondary N) is 2. The van der Waals surface area contributed by atoms with Crippen LogP contribution in [0.25, 0.3) is 0 Å². The summed E-state index contributed by atoms with van der Waals surface area (Å²) in [7, 11) is 5.11. The predicted molar refractivity (Wildman–Crippen MR) is 101 cm³/mol. The number of esters is 1. The van der Waals surface area contributed by atoms with E-state index >= 15 is 0 Å². The van der Waals surface area contributed by atoms with E-state index in [1.165, 1.54) is 25.4 Å². The van der Waals surface area contributed by atoms with Crippen LogP contribution in [-0.2, 0) is 4.74 Å². The van der Waals surface area contributed by atoms with E-state index in [9.17, 15) is 14.4 Å². The first kappa shape index (κ1) is 20.1. The number of methoxy groups -OCH3 is 1. The van der Waals surface area contributed by atoms with Gasteiger partial charge in [-0.3, -0.25) is 14.6 Å². The summed E-state index contributed by atoms with van der Waals surface area (Å²) in [5.41, 5.74) is 1.18. The quantitative estimate of drug-likeness (QED) is 0.715. The van der Waals surface area contributed by atoms with E-state index < -0.39 is 11.9 Å². The number of aromatic nitrogens is 1. The van der Waals surface area contributed by atoms with E-state index in [-0.39, 0.29) is 11.6 Å². The number of rotatable bonds is 7. The molecule has 2 aromatic rings. The molecule has 27 heavy (non-hydrogen) atoms. The molecule has 0 radical (unpaired) electrons. The van der Waals surface area contributed by atoms with Gasteiger partial charge in [0.2, 0.25) is 0 Å². The summed E-state index contributed by atoms with van der Waals surface area (Å²) in [6.45, 7) is 1.21. The molecule has 0 unspecified atom stereocenters. The van der Waals surface area contributed by atoms with Crippen molar-refractivity contribution in [3.05, 3.63) is 59.4 Å². The Labute approximate surface area is 157 Å². The smallest absolute Gasteiger partial charge is 0.337 e. The molecule has 2 rings (SSSR count). The maximum absolute atomic E-state index is 12.4. The lowest BCUT2D eigenvalue weighted by atomic mass is 10.2. The molecule has 2 N–H and O–H groups in total. The molecular weight excluding hydrogens is 348 g/mol. The third kappa shape index (κ3) is 5.89. The average molecular weight is 370 g/mol. The highest BCUT2D eigenvalue weighted by molar-refractivity contribution is 6.05. The van der Waals surface area contributed by atoms with Crippen molar-refractivity contribution < 1.29 is 19.1 Å². The van der Waals surface area contributed by atoms with Gasteiger partial charge >= 0.3 is 5.97 Å². The highest BCUT2D eigenvalue weighted by Gasteiger charge is 2.13. The Hall–Kier alpha value is -3.26. The Kier molecular flexibility index (Phi) is 7.01.